The Morgan fingerprint density at radius 1 is 1.24 bits per heavy atom. The molecule has 2 heterocycles. The Hall–Kier alpha value is -2.40. The lowest BCUT2D eigenvalue weighted by Crippen LogP contribution is -2.28. The van der Waals surface area contributed by atoms with Gasteiger partial charge in [-0.1, -0.05) is 37.3 Å². The molecule has 5 heteroatoms. The average Bonchev–Trinajstić information content (AvgIpc) is 2.95. The third-order valence-corrected chi connectivity index (χ3v) is 5.40. The number of rotatable bonds is 5. The standard InChI is InChI=1S/C20H22N2O2S/c1-4-11-22-12-10-16-18(20(22)24)17(14(3)25-16)19(23)21-13(2)15-8-6-5-7-9-15/h5-10,12-13H,4,11H2,1-3H3,(H,21,23)/t13-/m0/s1. The fourth-order valence-corrected chi connectivity index (χ4v) is 4.10. The van der Waals surface area contributed by atoms with E-state index >= 15 is 0 Å². The summed E-state index contributed by atoms with van der Waals surface area (Å²) in [4.78, 5) is 26.6. The first-order valence-corrected chi connectivity index (χ1v) is 9.33. The van der Waals surface area contributed by atoms with Gasteiger partial charge in [-0.25, -0.2) is 0 Å². The second kappa shape index (κ2) is 7.23. The van der Waals surface area contributed by atoms with Crippen molar-refractivity contribution in [3.63, 3.8) is 0 Å². The number of benzene rings is 1. The van der Waals surface area contributed by atoms with Crippen molar-refractivity contribution in [3.05, 3.63) is 69.0 Å². The summed E-state index contributed by atoms with van der Waals surface area (Å²) in [6.07, 6.45) is 2.69. The van der Waals surface area contributed by atoms with Crippen molar-refractivity contribution in [2.24, 2.45) is 0 Å². The van der Waals surface area contributed by atoms with E-state index in [-0.39, 0.29) is 17.5 Å². The van der Waals surface area contributed by atoms with Gasteiger partial charge in [0.2, 0.25) is 0 Å². The van der Waals surface area contributed by atoms with Gasteiger partial charge >= 0.3 is 0 Å². The van der Waals surface area contributed by atoms with Crippen molar-refractivity contribution < 1.29 is 4.79 Å². The van der Waals surface area contributed by atoms with Crippen LogP contribution in [-0.2, 0) is 6.54 Å². The van der Waals surface area contributed by atoms with Crippen LogP contribution in [0.15, 0.2) is 47.4 Å². The van der Waals surface area contributed by atoms with Crippen LogP contribution in [0.5, 0.6) is 0 Å². The first-order valence-electron chi connectivity index (χ1n) is 8.51. The second-order valence-electron chi connectivity index (χ2n) is 6.19. The average molecular weight is 354 g/mol. The third-order valence-electron chi connectivity index (χ3n) is 4.33. The van der Waals surface area contributed by atoms with Crippen LogP contribution in [0.4, 0.5) is 0 Å². The molecule has 1 amide bonds. The normalized spacial score (nSPS) is 12.3. The van der Waals surface area contributed by atoms with E-state index in [4.69, 9.17) is 0 Å². The van der Waals surface area contributed by atoms with Crippen LogP contribution in [0.2, 0.25) is 0 Å². The van der Waals surface area contributed by atoms with Crippen molar-refractivity contribution in [2.75, 3.05) is 0 Å². The van der Waals surface area contributed by atoms with E-state index in [1.54, 1.807) is 4.57 Å². The monoisotopic (exact) mass is 354 g/mol. The number of hydrogen-bond acceptors (Lipinski definition) is 3. The van der Waals surface area contributed by atoms with Gasteiger partial charge in [-0.2, -0.15) is 0 Å². The highest BCUT2D eigenvalue weighted by Gasteiger charge is 2.21. The molecule has 3 rings (SSSR count). The van der Waals surface area contributed by atoms with Gasteiger partial charge in [0.15, 0.2) is 0 Å². The topological polar surface area (TPSA) is 51.1 Å². The Balaban J connectivity index is 2.00. The Labute approximate surface area is 151 Å². The van der Waals surface area contributed by atoms with Gasteiger partial charge in [-0.3, -0.25) is 9.59 Å². The second-order valence-corrected chi connectivity index (χ2v) is 7.45. The van der Waals surface area contributed by atoms with Gasteiger partial charge < -0.3 is 9.88 Å². The highest BCUT2D eigenvalue weighted by Crippen LogP contribution is 2.29. The molecule has 0 saturated carbocycles. The lowest BCUT2D eigenvalue weighted by molar-refractivity contribution is 0.0941. The van der Waals surface area contributed by atoms with E-state index in [2.05, 4.69) is 5.32 Å². The largest absolute Gasteiger partial charge is 0.345 e. The van der Waals surface area contributed by atoms with Gasteiger partial charge in [-0.15, -0.1) is 11.3 Å². The maximum Gasteiger partial charge on any atom is 0.260 e. The fraction of sp³-hybridized carbons (Fsp3) is 0.300. The van der Waals surface area contributed by atoms with Crippen LogP contribution in [0, 0.1) is 6.92 Å². The van der Waals surface area contributed by atoms with Crippen molar-refractivity contribution in [3.8, 4) is 0 Å². The molecule has 130 valence electrons. The highest BCUT2D eigenvalue weighted by molar-refractivity contribution is 7.19. The molecule has 0 aliphatic rings. The molecule has 0 spiro atoms. The zero-order valence-corrected chi connectivity index (χ0v) is 15.5. The third kappa shape index (κ3) is 3.37. The Morgan fingerprint density at radius 2 is 1.96 bits per heavy atom. The quantitative estimate of drug-likeness (QED) is 0.744. The van der Waals surface area contributed by atoms with Gasteiger partial charge in [-0.05, 0) is 31.9 Å². The minimum Gasteiger partial charge on any atom is -0.345 e. The lowest BCUT2D eigenvalue weighted by atomic mass is 10.1. The summed E-state index contributed by atoms with van der Waals surface area (Å²) in [6, 6.07) is 11.6. The molecule has 0 unspecified atom stereocenters. The molecule has 1 aromatic carbocycles. The first kappa shape index (κ1) is 17.4. The van der Waals surface area contributed by atoms with Crippen LogP contribution in [0.1, 0.15) is 47.1 Å². The number of pyridine rings is 1. The number of aromatic nitrogens is 1. The van der Waals surface area contributed by atoms with E-state index in [0.29, 0.717) is 17.5 Å². The Bertz CT molecular complexity index is 957. The number of carbonyl (C=O) groups excluding carboxylic acids is 1. The predicted octanol–water partition coefficient (Wildman–Crippen LogP) is 4.27. The van der Waals surface area contributed by atoms with Crippen LogP contribution >= 0.6 is 11.3 Å². The van der Waals surface area contributed by atoms with E-state index in [1.807, 2.05) is 63.4 Å². The molecule has 4 nitrogen and oxygen atoms in total. The molecule has 1 atom stereocenters. The van der Waals surface area contributed by atoms with Crippen molar-refractivity contribution in [2.45, 2.75) is 39.8 Å². The number of amides is 1. The number of fused-ring (bicyclic) bond motifs is 1. The van der Waals surface area contributed by atoms with Crippen molar-refractivity contribution in [1.29, 1.82) is 0 Å². The fourth-order valence-electron chi connectivity index (χ4n) is 3.05. The maximum atomic E-state index is 12.9. The van der Waals surface area contributed by atoms with Crippen LogP contribution < -0.4 is 10.9 Å². The summed E-state index contributed by atoms with van der Waals surface area (Å²) in [5, 5.41) is 3.57. The summed E-state index contributed by atoms with van der Waals surface area (Å²) in [6.45, 7) is 6.54. The number of thiophene rings is 1. The van der Waals surface area contributed by atoms with Crippen LogP contribution in [0.25, 0.3) is 10.1 Å². The van der Waals surface area contributed by atoms with Crippen LogP contribution in [0.3, 0.4) is 0 Å². The molecule has 25 heavy (non-hydrogen) atoms. The van der Waals surface area contributed by atoms with E-state index in [0.717, 1.165) is 21.6 Å². The van der Waals surface area contributed by atoms with E-state index < -0.39 is 0 Å². The minimum absolute atomic E-state index is 0.0822. The van der Waals surface area contributed by atoms with Gasteiger partial charge in [0.1, 0.15) is 0 Å². The number of nitrogens with one attached hydrogen (secondary N) is 1. The molecule has 0 bridgehead atoms. The number of carbonyl (C=O) groups is 1. The van der Waals surface area contributed by atoms with Gasteiger partial charge in [0.25, 0.3) is 11.5 Å². The summed E-state index contributed by atoms with van der Waals surface area (Å²) in [5.41, 5.74) is 1.47. The van der Waals surface area contributed by atoms with Crippen molar-refractivity contribution in [1.82, 2.24) is 9.88 Å². The van der Waals surface area contributed by atoms with E-state index in [9.17, 15) is 9.59 Å². The molecule has 1 N–H and O–H groups in total. The minimum atomic E-state index is -0.188. The summed E-state index contributed by atoms with van der Waals surface area (Å²) < 4.78 is 2.55. The number of aryl methyl sites for hydroxylation is 2. The molecule has 0 saturated heterocycles. The van der Waals surface area contributed by atoms with E-state index in [1.165, 1.54) is 11.3 Å². The summed E-state index contributed by atoms with van der Waals surface area (Å²) in [5.74, 6) is -0.188. The summed E-state index contributed by atoms with van der Waals surface area (Å²) >= 11 is 1.50. The lowest BCUT2D eigenvalue weighted by Gasteiger charge is -2.14. The zero-order chi connectivity index (χ0) is 18.0. The Kier molecular flexibility index (Phi) is 5.04. The molecular weight excluding hydrogens is 332 g/mol. The molecule has 3 aromatic rings. The molecular formula is C20H22N2O2S. The zero-order valence-electron chi connectivity index (χ0n) is 14.7. The molecule has 0 radical (unpaired) electrons. The van der Waals surface area contributed by atoms with Crippen LogP contribution in [-0.4, -0.2) is 10.5 Å². The molecule has 0 fully saturated rings. The van der Waals surface area contributed by atoms with Crippen molar-refractivity contribution >= 4 is 27.3 Å². The smallest absolute Gasteiger partial charge is 0.260 e. The number of hydrogen-bond donors (Lipinski definition) is 1. The van der Waals surface area contributed by atoms with Gasteiger partial charge in [0.05, 0.1) is 17.0 Å². The first-order chi connectivity index (χ1) is 12.0. The maximum absolute atomic E-state index is 12.9. The Morgan fingerprint density at radius 3 is 2.64 bits per heavy atom. The summed E-state index contributed by atoms with van der Waals surface area (Å²) in [7, 11) is 0. The highest BCUT2D eigenvalue weighted by atomic mass is 32.1. The molecule has 2 aromatic heterocycles. The van der Waals surface area contributed by atoms with Gasteiger partial charge in [0, 0.05) is 22.3 Å². The SMILES string of the molecule is CCCn1ccc2sc(C)c(C(=O)N[C@@H](C)c3ccccc3)c2c1=O. The predicted molar refractivity (Wildman–Crippen MR) is 103 cm³/mol. The number of nitrogens with zero attached hydrogens (tertiary/aromatic N) is 1. The molecule has 0 aliphatic heterocycles. The molecule has 0 aliphatic carbocycles.